The van der Waals surface area contributed by atoms with Crippen molar-refractivity contribution < 1.29 is 14.6 Å². The van der Waals surface area contributed by atoms with Gasteiger partial charge in [0.2, 0.25) is 0 Å². The van der Waals surface area contributed by atoms with Gasteiger partial charge in [-0.1, -0.05) is 18.2 Å². The number of nitrogens with zero attached hydrogens (tertiary/aromatic N) is 4. The molecule has 2 heterocycles. The fraction of sp³-hybridized carbons (Fsp3) is 0.316. The van der Waals surface area contributed by atoms with Gasteiger partial charge >= 0.3 is 6.03 Å². The summed E-state index contributed by atoms with van der Waals surface area (Å²) >= 11 is 0. The molecule has 2 amide bonds. The van der Waals surface area contributed by atoms with E-state index in [0.29, 0.717) is 18.0 Å². The summed E-state index contributed by atoms with van der Waals surface area (Å²) in [6.45, 7) is 2.28. The molecule has 0 aliphatic carbocycles. The second-order valence-electron chi connectivity index (χ2n) is 6.19. The third kappa shape index (κ3) is 4.01. The number of ether oxygens (including phenoxy) is 1. The lowest BCUT2D eigenvalue weighted by Crippen LogP contribution is -2.36. The van der Waals surface area contributed by atoms with Crippen molar-refractivity contribution in [3.8, 4) is 5.75 Å². The van der Waals surface area contributed by atoms with E-state index in [1.807, 2.05) is 44.3 Å². The monoisotopic (exact) mass is 369 g/mol. The van der Waals surface area contributed by atoms with Crippen LogP contribution in [0.3, 0.4) is 0 Å². The number of nitrogens with one attached hydrogen (secondary N) is 1. The van der Waals surface area contributed by atoms with Crippen LogP contribution in [0.25, 0.3) is 11.0 Å². The largest absolute Gasteiger partial charge is 0.496 e. The Morgan fingerprint density at radius 1 is 1.37 bits per heavy atom. The molecule has 2 N–H and O–H groups in total. The van der Waals surface area contributed by atoms with E-state index in [1.165, 1.54) is 4.90 Å². The van der Waals surface area contributed by atoms with Gasteiger partial charge in [-0.25, -0.2) is 9.78 Å². The van der Waals surface area contributed by atoms with Gasteiger partial charge < -0.3 is 20.1 Å². The molecule has 0 atom stereocenters. The first kappa shape index (κ1) is 18.7. The lowest BCUT2D eigenvalue weighted by Gasteiger charge is -2.23. The Bertz CT molecular complexity index is 954. The van der Waals surface area contributed by atoms with Gasteiger partial charge in [0.15, 0.2) is 5.65 Å². The third-order valence-corrected chi connectivity index (χ3v) is 4.33. The van der Waals surface area contributed by atoms with Crippen molar-refractivity contribution in [2.24, 2.45) is 7.05 Å². The van der Waals surface area contributed by atoms with E-state index in [-0.39, 0.29) is 19.2 Å². The fourth-order valence-corrected chi connectivity index (χ4v) is 2.99. The van der Waals surface area contributed by atoms with Gasteiger partial charge in [0.25, 0.3) is 0 Å². The molecule has 0 radical (unpaired) electrons. The van der Waals surface area contributed by atoms with Crippen molar-refractivity contribution in [1.82, 2.24) is 19.7 Å². The molecule has 0 unspecified atom stereocenters. The maximum Gasteiger partial charge on any atom is 0.322 e. The van der Waals surface area contributed by atoms with Crippen molar-refractivity contribution in [3.63, 3.8) is 0 Å². The van der Waals surface area contributed by atoms with Crippen molar-refractivity contribution in [2.75, 3.05) is 25.6 Å². The summed E-state index contributed by atoms with van der Waals surface area (Å²) in [5.74, 6) is 0.697. The van der Waals surface area contributed by atoms with Crippen LogP contribution in [0.4, 0.5) is 10.5 Å². The molecular weight excluding hydrogens is 346 g/mol. The zero-order valence-electron chi connectivity index (χ0n) is 15.6. The van der Waals surface area contributed by atoms with Gasteiger partial charge in [0.1, 0.15) is 5.75 Å². The maximum atomic E-state index is 12.7. The zero-order chi connectivity index (χ0) is 19.4. The van der Waals surface area contributed by atoms with Crippen LogP contribution < -0.4 is 10.1 Å². The summed E-state index contributed by atoms with van der Waals surface area (Å²) in [4.78, 5) is 18.6. The standard InChI is InChI=1S/C19H23N5O3/c1-13-16-10-15(11-20-18(16)23(2)22-13)21-19(26)24(8-9-25)12-14-6-4-5-7-17(14)27-3/h4-7,10-11,25H,8-9,12H2,1-3H3,(H,21,26). The van der Waals surface area contributed by atoms with E-state index in [1.54, 1.807) is 18.0 Å². The van der Waals surface area contributed by atoms with E-state index in [0.717, 1.165) is 22.3 Å². The first-order chi connectivity index (χ1) is 13.0. The second kappa shape index (κ2) is 8.05. The van der Waals surface area contributed by atoms with E-state index in [9.17, 15) is 9.90 Å². The number of benzene rings is 1. The first-order valence-corrected chi connectivity index (χ1v) is 8.61. The number of aliphatic hydroxyl groups is 1. The average Bonchev–Trinajstić information content (AvgIpc) is 2.95. The minimum Gasteiger partial charge on any atom is -0.496 e. The van der Waals surface area contributed by atoms with Crippen LogP contribution >= 0.6 is 0 Å². The molecule has 8 heteroatoms. The zero-order valence-corrected chi connectivity index (χ0v) is 15.6. The topological polar surface area (TPSA) is 92.5 Å². The Hall–Kier alpha value is -3.13. The fourth-order valence-electron chi connectivity index (χ4n) is 2.99. The molecule has 27 heavy (non-hydrogen) atoms. The second-order valence-corrected chi connectivity index (χ2v) is 6.19. The van der Waals surface area contributed by atoms with Gasteiger partial charge in [-0.2, -0.15) is 5.10 Å². The number of hydrogen-bond donors (Lipinski definition) is 2. The highest BCUT2D eigenvalue weighted by atomic mass is 16.5. The number of hydrogen-bond acceptors (Lipinski definition) is 5. The average molecular weight is 369 g/mol. The van der Waals surface area contributed by atoms with Gasteiger partial charge in [0.05, 0.1) is 37.8 Å². The number of methoxy groups -OCH3 is 1. The molecule has 8 nitrogen and oxygen atoms in total. The lowest BCUT2D eigenvalue weighted by atomic mass is 10.2. The van der Waals surface area contributed by atoms with Gasteiger partial charge in [-0.3, -0.25) is 4.68 Å². The van der Waals surface area contributed by atoms with Crippen LogP contribution in [0, 0.1) is 6.92 Å². The first-order valence-electron chi connectivity index (χ1n) is 8.61. The van der Waals surface area contributed by atoms with Crippen LogP contribution in [0.5, 0.6) is 5.75 Å². The molecule has 0 bridgehead atoms. The van der Waals surface area contributed by atoms with Gasteiger partial charge in [-0.15, -0.1) is 0 Å². The number of carbonyl (C=O) groups excluding carboxylic acids is 1. The summed E-state index contributed by atoms with van der Waals surface area (Å²) < 4.78 is 7.05. The molecule has 142 valence electrons. The van der Waals surface area contributed by atoms with E-state index in [4.69, 9.17) is 4.74 Å². The Morgan fingerprint density at radius 3 is 2.89 bits per heavy atom. The summed E-state index contributed by atoms with van der Waals surface area (Å²) in [5, 5.41) is 17.4. The summed E-state index contributed by atoms with van der Waals surface area (Å²) in [6.07, 6.45) is 1.60. The Kier molecular flexibility index (Phi) is 5.56. The number of aryl methyl sites for hydroxylation is 2. The number of pyridine rings is 1. The molecule has 0 spiro atoms. The molecular formula is C19H23N5O3. The molecule has 0 aliphatic heterocycles. The van der Waals surface area contributed by atoms with Gasteiger partial charge in [-0.05, 0) is 19.1 Å². The number of carbonyl (C=O) groups is 1. The minimum absolute atomic E-state index is 0.137. The van der Waals surface area contributed by atoms with E-state index >= 15 is 0 Å². The maximum absolute atomic E-state index is 12.7. The molecule has 2 aromatic heterocycles. The highest BCUT2D eigenvalue weighted by Crippen LogP contribution is 2.21. The third-order valence-electron chi connectivity index (χ3n) is 4.33. The molecule has 0 saturated heterocycles. The predicted octanol–water partition coefficient (Wildman–Crippen LogP) is 2.31. The van der Waals surface area contributed by atoms with Crippen LogP contribution in [-0.2, 0) is 13.6 Å². The van der Waals surface area contributed by atoms with Crippen LogP contribution in [0.2, 0.25) is 0 Å². The summed E-state index contributed by atoms with van der Waals surface area (Å²) in [6, 6.07) is 9.02. The SMILES string of the molecule is COc1ccccc1CN(CCO)C(=O)Nc1cnc2c(c1)c(C)nn2C. The normalized spacial score (nSPS) is 10.8. The quantitative estimate of drug-likeness (QED) is 0.696. The Balaban J connectivity index is 1.80. The van der Waals surface area contributed by atoms with Crippen molar-refractivity contribution in [1.29, 1.82) is 0 Å². The summed E-state index contributed by atoms with van der Waals surface area (Å²) in [7, 11) is 3.42. The van der Waals surface area contributed by atoms with E-state index in [2.05, 4.69) is 15.4 Å². The number of aliphatic hydroxyl groups excluding tert-OH is 1. The number of aromatic nitrogens is 3. The van der Waals surface area contributed by atoms with Crippen molar-refractivity contribution in [2.45, 2.75) is 13.5 Å². The van der Waals surface area contributed by atoms with Crippen LogP contribution in [-0.4, -0.2) is 51.1 Å². The minimum atomic E-state index is -0.322. The smallest absolute Gasteiger partial charge is 0.322 e. The number of fused-ring (bicyclic) bond motifs is 1. The van der Waals surface area contributed by atoms with Crippen LogP contribution in [0.15, 0.2) is 36.5 Å². The Morgan fingerprint density at radius 2 is 2.15 bits per heavy atom. The Labute approximate surface area is 157 Å². The molecule has 0 fully saturated rings. The number of anilines is 1. The summed E-state index contributed by atoms with van der Waals surface area (Å²) in [5.41, 5.74) is 3.04. The molecule has 3 aromatic rings. The van der Waals surface area contributed by atoms with Crippen molar-refractivity contribution in [3.05, 3.63) is 47.8 Å². The van der Waals surface area contributed by atoms with E-state index < -0.39 is 0 Å². The molecule has 1 aromatic carbocycles. The van der Waals surface area contributed by atoms with Crippen LogP contribution in [0.1, 0.15) is 11.3 Å². The van der Waals surface area contributed by atoms with Gasteiger partial charge in [0, 0.05) is 24.5 Å². The molecule has 0 saturated carbocycles. The predicted molar refractivity (Wildman–Crippen MR) is 103 cm³/mol. The number of para-hydroxylation sites is 1. The number of urea groups is 1. The highest BCUT2D eigenvalue weighted by Gasteiger charge is 2.17. The lowest BCUT2D eigenvalue weighted by molar-refractivity contribution is 0.184. The number of amides is 2. The molecule has 0 aliphatic rings. The number of rotatable bonds is 6. The highest BCUT2D eigenvalue weighted by molar-refractivity contribution is 5.92. The molecule has 3 rings (SSSR count). The van der Waals surface area contributed by atoms with Crippen molar-refractivity contribution >= 4 is 22.8 Å².